The van der Waals surface area contributed by atoms with Crippen molar-refractivity contribution in [3.63, 3.8) is 0 Å². The second-order valence-corrected chi connectivity index (χ2v) is 11.5. The molecule has 1 atom stereocenters. The molecule has 0 aromatic heterocycles. The second kappa shape index (κ2) is 8.81. The summed E-state index contributed by atoms with van der Waals surface area (Å²) in [6.07, 6.45) is 2.08. The van der Waals surface area contributed by atoms with Crippen LogP contribution in [0, 0.1) is 16.2 Å². The third kappa shape index (κ3) is 5.94. The number of piperidine rings is 1. The largest absolute Gasteiger partial charge is 0.323 e. The molecule has 3 amide bonds. The molecule has 0 spiro atoms. The quantitative estimate of drug-likeness (QED) is 0.427. The molecule has 2 fully saturated rings. The number of carbonyl (C=O) groups excluding carboxylic acids is 2. The van der Waals surface area contributed by atoms with Crippen LogP contribution in [-0.2, 0) is 14.6 Å². The van der Waals surface area contributed by atoms with Crippen LogP contribution in [0.2, 0.25) is 0 Å². The van der Waals surface area contributed by atoms with Crippen LogP contribution in [0.4, 0.5) is 4.79 Å². The average Bonchev–Trinajstić information content (AvgIpc) is 2.60. The fourth-order valence-corrected chi connectivity index (χ4v) is 4.86. The Hall–Kier alpha value is -1.62. The second-order valence-electron chi connectivity index (χ2n) is 8.13. The molecule has 0 aromatic carbocycles. The Morgan fingerprint density at radius 2 is 1.68 bits per heavy atom. The highest BCUT2D eigenvalue weighted by Crippen LogP contribution is 2.24. The Morgan fingerprint density at radius 1 is 1.07 bits per heavy atom. The first-order valence-corrected chi connectivity index (χ1v) is 12.0. The SMILES string of the molecule is CC(C)(C)C(=N)SC(=N)NC(=O)[C@@H]1CCCCN1C(=O)N1CCS(=O)(=O)CC1. The molecule has 0 saturated carbocycles. The molecule has 2 rings (SSSR count). The molecule has 2 heterocycles. The van der Waals surface area contributed by atoms with Crippen molar-refractivity contribution in [1.82, 2.24) is 15.1 Å². The lowest BCUT2D eigenvalue weighted by atomic mass is 9.99. The zero-order chi connectivity index (χ0) is 21.1. The van der Waals surface area contributed by atoms with Gasteiger partial charge < -0.3 is 15.1 Å². The van der Waals surface area contributed by atoms with Crippen molar-refractivity contribution in [2.24, 2.45) is 5.41 Å². The minimum Gasteiger partial charge on any atom is -0.323 e. The molecule has 2 saturated heterocycles. The molecular formula is C17H29N5O4S2. The smallest absolute Gasteiger partial charge is 0.320 e. The summed E-state index contributed by atoms with van der Waals surface area (Å²) in [5.74, 6) is -0.545. The van der Waals surface area contributed by atoms with Crippen molar-refractivity contribution in [3.05, 3.63) is 0 Å². The van der Waals surface area contributed by atoms with E-state index in [4.69, 9.17) is 10.8 Å². The lowest BCUT2D eigenvalue weighted by molar-refractivity contribution is -0.125. The molecule has 0 aromatic rings. The molecule has 0 unspecified atom stereocenters. The average molecular weight is 432 g/mol. The number of nitrogens with zero attached hydrogens (tertiary/aromatic N) is 2. The molecule has 0 radical (unpaired) electrons. The molecular weight excluding hydrogens is 402 g/mol. The summed E-state index contributed by atoms with van der Waals surface area (Å²) in [6.45, 7) is 6.28. The van der Waals surface area contributed by atoms with Crippen LogP contribution in [0.3, 0.4) is 0 Å². The van der Waals surface area contributed by atoms with E-state index in [0.717, 1.165) is 24.6 Å². The molecule has 2 aliphatic rings. The van der Waals surface area contributed by atoms with Gasteiger partial charge in [0.2, 0.25) is 5.91 Å². The molecule has 11 heteroatoms. The van der Waals surface area contributed by atoms with Crippen LogP contribution in [0.15, 0.2) is 0 Å². The first kappa shape index (κ1) is 22.7. The normalized spacial score (nSPS) is 22.5. The van der Waals surface area contributed by atoms with Crippen LogP contribution >= 0.6 is 11.8 Å². The van der Waals surface area contributed by atoms with E-state index in [1.165, 1.54) is 9.80 Å². The molecule has 2 aliphatic heterocycles. The van der Waals surface area contributed by atoms with E-state index in [9.17, 15) is 18.0 Å². The van der Waals surface area contributed by atoms with Crippen LogP contribution in [-0.4, -0.2) is 77.5 Å². The Labute approximate surface area is 170 Å². The molecule has 0 bridgehead atoms. The zero-order valence-electron chi connectivity index (χ0n) is 16.6. The van der Waals surface area contributed by atoms with Gasteiger partial charge in [-0.2, -0.15) is 0 Å². The standard InChI is InChI=1S/C17H29N5O4S2/c1-17(2,3)14(18)27-15(19)20-13(23)12-6-4-5-7-22(12)16(24)21-8-10-28(25,26)11-9-21/h12,18H,4-11H2,1-3H3,(H2,19,20,23)/t12-/m0/s1. The predicted molar refractivity (Wildman–Crippen MR) is 111 cm³/mol. The van der Waals surface area contributed by atoms with Crippen molar-refractivity contribution in [2.75, 3.05) is 31.1 Å². The van der Waals surface area contributed by atoms with Gasteiger partial charge in [-0.1, -0.05) is 20.8 Å². The van der Waals surface area contributed by atoms with Crippen LogP contribution in [0.1, 0.15) is 40.0 Å². The summed E-state index contributed by atoms with van der Waals surface area (Å²) in [5.41, 5.74) is -0.414. The number of hydrogen-bond donors (Lipinski definition) is 3. The maximum Gasteiger partial charge on any atom is 0.320 e. The first-order chi connectivity index (χ1) is 12.9. The minimum absolute atomic E-state index is 0.0559. The lowest BCUT2D eigenvalue weighted by Gasteiger charge is -2.39. The summed E-state index contributed by atoms with van der Waals surface area (Å²) < 4.78 is 23.2. The number of sulfone groups is 1. The van der Waals surface area contributed by atoms with Gasteiger partial charge in [0.1, 0.15) is 6.04 Å². The van der Waals surface area contributed by atoms with E-state index in [1.54, 1.807) is 0 Å². The van der Waals surface area contributed by atoms with Gasteiger partial charge in [-0.15, -0.1) is 0 Å². The van der Waals surface area contributed by atoms with Gasteiger partial charge in [0, 0.05) is 25.0 Å². The number of nitrogens with one attached hydrogen (secondary N) is 3. The van der Waals surface area contributed by atoms with Gasteiger partial charge >= 0.3 is 6.03 Å². The van der Waals surface area contributed by atoms with Crippen molar-refractivity contribution in [1.29, 1.82) is 10.8 Å². The molecule has 28 heavy (non-hydrogen) atoms. The fraction of sp³-hybridized carbons (Fsp3) is 0.765. The summed E-state index contributed by atoms with van der Waals surface area (Å²) in [4.78, 5) is 28.5. The number of amidine groups is 1. The highest BCUT2D eigenvalue weighted by molar-refractivity contribution is 8.26. The van der Waals surface area contributed by atoms with Gasteiger partial charge in [0.25, 0.3) is 0 Å². The van der Waals surface area contributed by atoms with Crippen molar-refractivity contribution in [3.8, 4) is 0 Å². The molecule has 3 N–H and O–H groups in total. The van der Waals surface area contributed by atoms with Crippen molar-refractivity contribution >= 4 is 43.7 Å². The number of rotatable bonds is 1. The maximum absolute atomic E-state index is 12.9. The van der Waals surface area contributed by atoms with E-state index < -0.39 is 27.2 Å². The van der Waals surface area contributed by atoms with Crippen molar-refractivity contribution in [2.45, 2.75) is 46.1 Å². The van der Waals surface area contributed by atoms with Gasteiger partial charge in [0.15, 0.2) is 15.0 Å². The Balaban J connectivity index is 2.00. The highest BCUT2D eigenvalue weighted by Gasteiger charge is 2.36. The van der Waals surface area contributed by atoms with E-state index in [2.05, 4.69) is 5.32 Å². The number of thioether (sulfide) groups is 1. The highest BCUT2D eigenvalue weighted by atomic mass is 32.2. The third-order valence-electron chi connectivity index (χ3n) is 4.79. The van der Waals surface area contributed by atoms with E-state index in [1.807, 2.05) is 20.8 Å². The van der Waals surface area contributed by atoms with Crippen LogP contribution < -0.4 is 5.32 Å². The van der Waals surface area contributed by atoms with Crippen LogP contribution in [0.25, 0.3) is 0 Å². The predicted octanol–water partition coefficient (Wildman–Crippen LogP) is 1.50. The van der Waals surface area contributed by atoms with Crippen molar-refractivity contribution < 1.29 is 18.0 Å². The minimum atomic E-state index is -3.09. The number of amides is 3. The van der Waals surface area contributed by atoms with Gasteiger partial charge in [-0.05, 0) is 31.0 Å². The number of urea groups is 1. The molecule has 0 aliphatic carbocycles. The summed E-state index contributed by atoms with van der Waals surface area (Å²) in [7, 11) is -3.09. The van der Waals surface area contributed by atoms with E-state index in [0.29, 0.717) is 13.0 Å². The number of carbonyl (C=O) groups is 2. The number of likely N-dealkylation sites (tertiary alicyclic amines) is 1. The third-order valence-corrected chi connectivity index (χ3v) is 7.52. The maximum atomic E-state index is 12.9. The Bertz CT molecular complexity index is 746. The summed E-state index contributed by atoms with van der Waals surface area (Å²) in [5, 5.41) is 18.6. The molecule has 9 nitrogen and oxygen atoms in total. The topological polar surface area (TPSA) is 134 Å². The summed E-state index contributed by atoms with van der Waals surface area (Å²) >= 11 is 0.890. The zero-order valence-corrected chi connectivity index (χ0v) is 18.2. The van der Waals surface area contributed by atoms with Crippen LogP contribution in [0.5, 0.6) is 0 Å². The lowest BCUT2D eigenvalue weighted by Crippen LogP contribution is -2.58. The van der Waals surface area contributed by atoms with E-state index >= 15 is 0 Å². The Morgan fingerprint density at radius 3 is 2.25 bits per heavy atom. The summed E-state index contributed by atoms with van der Waals surface area (Å²) in [6, 6.07) is -1.01. The van der Waals surface area contributed by atoms with Gasteiger partial charge in [-0.25, -0.2) is 13.2 Å². The van der Waals surface area contributed by atoms with Gasteiger partial charge in [-0.3, -0.25) is 15.6 Å². The fourth-order valence-electron chi connectivity index (χ4n) is 2.99. The van der Waals surface area contributed by atoms with Gasteiger partial charge in [0.05, 0.1) is 16.5 Å². The monoisotopic (exact) mass is 431 g/mol. The first-order valence-electron chi connectivity index (χ1n) is 9.33. The molecule has 158 valence electrons. The Kier molecular flexibility index (Phi) is 7.13. The van der Waals surface area contributed by atoms with E-state index in [-0.39, 0.29) is 40.8 Å². The number of hydrogen-bond acceptors (Lipinski definition) is 7.